The molecule has 0 N–H and O–H groups in total. The molecule has 0 aromatic rings. The zero-order valence-corrected chi connectivity index (χ0v) is 50.1. The Kier molecular flexibility index (Phi) is 61.6. The van der Waals surface area contributed by atoms with Crippen LogP contribution >= 0.6 is 0 Å². The van der Waals surface area contributed by atoms with Crippen LogP contribution in [0.3, 0.4) is 0 Å². The van der Waals surface area contributed by atoms with Gasteiger partial charge in [-0.1, -0.05) is 328 Å². The van der Waals surface area contributed by atoms with Gasteiger partial charge in [0.2, 0.25) is 0 Å². The Balaban J connectivity index is 4.21. The molecule has 0 aromatic carbocycles. The molecule has 1 atom stereocenters. The van der Waals surface area contributed by atoms with Crippen molar-refractivity contribution in [2.75, 3.05) is 13.2 Å². The van der Waals surface area contributed by atoms with Gasteiger partial charge in [-0.3, -0.25) is 14.4 Å². The average Bonchev–Trinajstić information content (AvgIpc) is 3.40. The summed E-state index contributed by atoms with van der Waals surface area (Å²) in [7, 11) is 0. The minimum absolute atomic E-state index is 0.0710. The van der Waals surface area contributed by atoms with Crippen molar-refractivity contribution >= 4 is 17.9 Å². The highest BCUT2D eigenvalue weighted by Gasteiger charge is 2.19. The van der Waals surface area contributed by atoms with Crippen molar-refractivity contribution in [3.63, 3.8) is 0 Å². The lowest BCUT2D eigenvalue weighted by molar-refractivity contribution is -0.167. The van der Waals surface area contributed by atoms with Crippen LogP contribution in [0.1, 0.15) is 374 Å². The van der Waals surface area contributed by atoms with Crippen molar-refractivity contribution in [1.82, 2.24) is 0 Å². The molecule has 0 radical (unpaired) electrons. The molecular weight excluding hydrogens is 913 g/mol. The second-order valence-electron chi connectivity index (χ2n) is 22.7. The van der Waals surface area contributed by atoms with Gasteiger partial charge in [0, 0.05) is 19.3 Å². The summed E-state index contributed by atoms with van der Waals surface area (Å²) >= 11 is 0. The predicted octanol–water partition coefficient (Wildman–Crippen LogP) is 22.6. The van der Waals surface area contributed by atoms with Crippen molar-refractivity contribution in [2.24, 2.45) is 0 Å². The number of esters is 3. The molecule has 0 aliphatic heterocycles. The van der Waals surface area contributed by atoms with Crippen LogP contribution in [0.4, 0.5) is 0 Å². The fourth-order valence-electron chi connectivity index (χ4n) is 10.2. The monoisotopic (exact) mass is 1040 g/mol. The molecule has 0 aromatic heterocycles. The van der Waals surface area contributed by atoms with E-state index in [1.807, 2.05) is 0 Å². The van der Waals surface area contributed by atoms with Gasteiger partial charge in [0.15, 0.2) is 6.10 Å². The summed E-state index contributed by atoms with van der Waals surface area (Å²) in [5, 5.41) is 0. The third-order valence-electron chi connectivity index (χ3n) is 15.2. The molecule has 0 saturated heterocycles. The molecule has 0 bridgehead atoms. The standard InChI is InChI=1S/C68H128O6/c1-4-7-10-13-16-19-22-25-28-30-31-32-33-34-35-36-37-38-39-41-43-46-49-52-55-58-61-67(70)73-64-65(63-72-66(69)60-57-54-51-48-45-42-27-24-21-18-15-12-9-6-3)74-68(71)62-59-56-53-50-47-44-40-29-26-23-20-17-14-11-8-5-2/h20,23,29,40,65H,4-19,21-22,24-28,30-39,41-64H2,1-3H3/b23-20-,40-29-. The number of ether oxygens (including phenoxy) is 3. The molecule has 0 saturated carbocycles. The molecular formula is C68H128O6. The lowest BCUT2D eigenvalue weighted by Gasteiger charge is -2.18. The maximum Gasteiger partial charge on any atom is 0.306 e. The van der Waals surface area contributed by atoms with Crippen LogP contribution in [0.2, 0.25) is 0 Å². The van der Waals surface area contributed by atoms with Gasteiger partial charge in [-0.2, -0.15) is 0 Å². The Hall–Kier alpha value is -2.11. The third-order valence-corrected chi connectivity index (χ3v) is 15.2. The summed E-state index contributed by atoms with van der Waals surface area (Å²) in [6.45, 7) is 6.68. The minimum atomic E-state index is -0.775. The van der Waals surface area contributed by atoms with Crippen molar-refractivity contribution in [2.45, 2.75) is 380 Å². The summed E-state index contributed by atoms with van der Waals surface area (Å²) in [5.74, 6) is -0.856. The van der Waals surface area contributed by atoms with E-state index in [2.05, 4.69) is 45.1 Å². The molecule has 0 fully saturated rings. The Labute approximate surface area is 462 Å². The van der Waals surface area contributed by atoms with Crippen molar-refractivity contribution in [3.05, 3.63) is 24.3 Å². The van der Waals surface area contributed by atoms with Gasteiger partial charge in [-0.25, -0.2) is 0 Å². The average molecular weight is 1040 g/mol. The second-order valence-corrected chi connectivity index (χ2v) is 22.7. The number of carbonyl (C=O) groups excluding carboxylic acids is 3. The van der Waals surface area contributed by atoms with Crippen molar-refractivity contribution < 1.29 is 28.6 Å². The van der Waals surface area contributed by atoms with Gasteiger partial charge >= 0.3 is 17.9 Å². The lowest BCUT2D eigenvalue weighted by Crippen LogP contribution is -2.30. The quantitative estimate of drug-likeness (QED) is 0.0261. The summed E-state index contributed by atoms with van der Waals surface area (Å²) in [4.78, 5) is 38.3. The van der Waals surface area contributed by atoms with E-state index in [-0.39, 0.29) is 31.1 Å². The van der Waals surface area contributed by atoms with Gasteiger partial charge in [0.25, 0.3) is 0 Å². The molecule has 436 valence electrons. The van der Waals surface area contributed by atoms with Gasteiger partial charge in [-0.15, -0.1) is 0 Å². The molecule has 0 amide bonds. The minimum Gasteiger partial charge on any atom is -0.462 e. The zero-order chi connectivity index (χ0) is 53.6. The number of hydrogen-bond donors (Lipinski definition) is 0. The van der Waals surface area contributed by atoms with Crippen molar-refractivity contribution in [1.29, 1.82) is 0 Å². The van der Waals surface area contributed by atoms with Crippen LogP contribution in [-0.4, -0.2) is 37.2 Å². The van der Waals surface area contributed by atoms with E-state index >= 15 is 0 Å². The van der Waals surface area contributed by atoms with Crippen LogP contribution in [0.5, 0.6) is 0 Å². The first-order valence-electron chi connectivity index (χ1n) is 33.3. The van der Waals surface area contributed by atoms with Crippen LogP contribution in [0.15, 0.2) is 24.3 Å². The van der Waals surface area contributed by atoms with E-state index < -0.39 is 6.10 Å². The summed E-state index contributed by atoms with van der Waals surface area (Å²) in [6, 6.07) is 0. The second kappa shape index (κ2) is 63.4. The largest absolute Gasteiger partial charge is 0.462 e. The normalized spacial score (nSPS) is 12.1. The summed E-state index contributed by atoms with van der Waals surface area (Å²) in [6.07, 6.45) is 76.3. The fourth-order valence-corrected chi connectivity index (χ4v) is 10.2. The number of carbonyl (C=O) groups is 3. The first kappa shape index (κ1) is 71.9. The molecule has 6 nitrogen and oxygen atoms in total. The Morgan fingerprint density at radius 1 is 0.270 bits per heavy atom. The maximum absolute atomic E-state index is 12.9. The highest BCUT2D eigenvalue weighted by atomic mass is 16.6. The first-order chi connectivity index (χ1) is 36.5. The molecule has 1 unspecified atom stereocenters. The predicted molar refractivity (Wildman–Crippen MR) is 321 cm³/mol. The van der Waals surface area contributed by atoms with E-state index in [0.29, 0.717) is 19.3 Å². The van der Waals surface area contributed by atoms with Gasteiger partial charge in [-0.05, 0) is 51.4 Å². The maximum atomic E-state index is 12.9. The van der Waals surface area contributed by atoms with E-state index in [1.165, 1.54) is 257 Å². The molecule has 0 aliphatic carbocycles. The van der Waals surface area contributed by atoms with E-state index in [4.69, 9.17) is 14.2 Å². The van der Waals surface area contributed by atoms with E-state index in [0.717, 1.165) is 77.0 Å². The van der Waals surface area contributed by atoms with E-state index in [1.54, 1.807) is 0 Å². The molecule has 0 aliphatic rings. The number of unbranched alkanes of at least 4 members (excludes halogenated alkanes) is 47. The topological polar surface area (TPSA) is 78.9 Å². The summed E-state index contributed by atoms with van der Waals surface area (Å²) < 4.78 is 16.9. The molecule has 0 rings (SSSR count). The summed E-state index contributed by atoms with van der Waals surface area (Å²) in [5.41, 5.74) is 0. The fraction of sp³-hybridized carbons (Fsp3) is 0.897. The Morgan fingerprint density at radius 3 is 0.757 bits per heavy atom. The van der Waals surface area contributed by atoms with Crippen LogP contribution in [-0.2, 0) is 28.6 Å². The number of hydrogen-bond acceptors (Lipinski definition) is 6. The van der Waals surface area contributed by atoms with Gasteiger partial charge in [0.05, 0.1) is 0 Å². The number of allylic oxidation sites excluding steroid dienone is 4. The lowest BCUT2D eigenvalue weighted by atomic mass is 10.0. The SMILES string of the molecule is CCCCCC/C=C\C/C=C\CCCCCCCC(=O)OC(COC(=O)CCCCCCCCCCCCCCCC)COC(=O)CCCCCCCCCCCCCCCCCCCCCCCCCCCC. The van der Waals surface area contributed by atoms with Gasteiger partial charge in [0.1, 0.15) is 13.2 Å². The molecule has 6 heteroatoms. The molecule has 0 heterocycles. The smallest absolute Gasteiger partial charge is 0.306 e. The number of rotatable bonds is 62. The van der Waals surface area contributed by atoms with E-state index in [9.17, 15) is 14.4 Å². The van der Waals surface area contributed by atoms with Crippen molar-refractivity contribution in [3.8, 4) is 0 Å². The zero-order valence-electron chi connectivity index (χ0n) is 50.1. The third kappa shape index (κ3) is 60.8. The van der Waals surface area contributed by atoms with Crippen LogP contribution in [0, 0.1) is 0 Å². The van der Waals surface area contributed by atoms with Gasteiger partial charge < -0.3 is 14.2 Å². The highest BCUT2D eigenvalue weighted by Crippen LogP contribution is 2.18. The molecule has 74 heavy (non-hydrogen) atoms. The molecule has 0 spiro atoms. The van der Waals surface area contributed by atoms with Crippen LogP contribution < -0.4 is 0 Å². The van der Waals surface area contributed by atoms with Crippen LogP contribution in [0.25, 0.3) is 0 Å². The highest BCUT2D eigenvalue weighted by molar-refractivity contribution is 5.71. The Morgan fingerprint density at radius 2 is 0.486 bits per heavy atom. The Bertz CT molecular complexity index is 1190. The first-order valence-corrected chi connectivity index (χ1v) is 33.3.